The molecule has 3 nitrogen and oxygen atoms in total. The Bertz CT molecular complexity index is 357. The van der Waals surface area contributed by atoms with Crippen molar-refractivity contribution in [1.29, 1.82) is 0 Å². The quantitative estimate of drug-likeness (QED) is 0.873. The predicted molar refractivity (Wildman–Crippen MR) is 69.0 cm³/mol. The van der Waals surface area contributed by atoms with Gasteiger partial charge in [0.25, 0.3) is 0 Å². The van der Waals surface area contributed by atoms with Gasteiger partial charge in [-0.15, -0.1) is 0 Å². The SMILES string of the molecule is COc1ccc(C2CCCNCC2)cc1OC. The molecule has 1 aliphatic rings. The Kier molecular flexibility index (Phi) is 4.26. The molecule has 1 aliphatic heterocycles. The number of hydrogen-bond acceptors (Lipinski definition) is 3. The molecule has 1 aromatic rings. The summed E-state index contributed by atoms with van der Waals surface area (Å²) in [5.74, 6) is 2.29. The molecule has 0 bridgehead atoms. The van der Waals surface area contributed by atoms with Crippen LogP contribution in [-0.2, 0) is 0 Å². The van der Waals surface area contributed by atoms with E-state index in [9.17, 15) is 0 Å². The summed E-state index contributed by atoms with van der Waals surface area (Å²) in [6, 6.07) is 6.29. The zero-order valence-electron chi connectivity index (χ0n) is 10.7. The van der Waals surface area contributed by atoms with Gasteiger partial charge in [0, 0.05) is 0 Å². The van der Waals surface area contributed by atoms with Crippen LogP contribution < -0.4 is 14.8 Å². The molecule has 17 heavy (non-hydrogen) atoms. The smallest absolute Gasteiger partial charge is 0.160 e. The number of hydrogen-bond donors (Lipinski definition) is 1. The van der Waals surface area contributed by atoms with Gasteiger partial charge in [-0.05, 0) is 56.0 Å². The maximum Gasteiger partial charge on any atom is 0.160 e. The summed E-state index contributed by atoms with van der Waals surface area (Å²) in [5.41, 5.74) is 1.37. The van der Waals surface area contributed by atoms with E-state index in [-0.39, 0.29) is 0 Å². The molecule has 0 saturated carbocycles. The Morgan fingerprint density at radius 1 is 1.06 bits per heavy atom. The molecule has 0 aliphatic carbocycles. The van der Waals surface area contributed by atoms with Crippen LogP contribution in [0.25, 0.3) is 0 Å². The highest BCUT2D eigenvalue weighted by Gasteiger charge is 2.16. The molecule has 0 spiro atoms. The molecule has 1 saturated heterocycles. The average molecular weight is 235 g/mol. The van der Waals surface area contributed by atoms with Gasteiger partial charge < -0.3 is 14.8 Å². The van der Waals surface area contributed by atoms with Gasteiger partial charge in [-0.2, -0.15) is 0 Å². The van der Waals surface area contributed by atoms with E-state index in [0.717, 1.165) is 24.6 Å². The first-order valence-corrected chi connectivity index (χ1v) is 6.28. The molecule has 0 radical (unpaired) electrons. The van der Waals surface area contributed by atoms with Crippen molar-refractivity contribution in [2.45, 2.75) is 25.2 Å². The van der Waals surface area contributed by atoms with Gasteiger partial charge in [0.05, 0.1) is 14.2 Å². The Labute approximate surface area is 103 Å². The lowest BCUT2D eigenvalue weighted by Crippen LogP contribution is -2.13. The third kappa shape index (κ3) is 2.91. The molecule has 1 unspecified atom stereocenters. The highest BCUT2D eigenvalue weighted by molar-refractivity contribution is 5.43. The van der Waals surface area contributed by atoms with E-state index in [1.165, 1.54) is 24.8 Å². The number of ether oxygens (including phenoxy) is 2. The largest absolute Gasteiger partial charge is 0.493 e. The summed E-state index contributed by atoms with van der Waals surface area (Å²) < 4.78 is 10.6. The van der Waals surface area contributed by atoms with Crippen LogP contribution in [-0.4, -0.2) is 27.3 Å². The first kappa shape index (κ1) is 12.2. The zero-order chi connectivity index (χ0) is 12.1. The lowest BCUT2D eigenvalue weighted by molar-refractivity contribution is 0.354. The van der Waals surface area contributed by atoms with E-state index in [1.807, 2.05) is 6.07 Å². The third-order valence-electron chi connectivity index (χ3n) is 3.45. The third-order valence-corrected chi connectivity index (χ3v) is 3.45. The van der Waals surface area contributed by atoms with Crippen molar-refractivity contribution < 1.29 is 9.47 Å². The van der Waals surface area contributed by atoms with Crippen molar-refractivity contribution in [3.63, 3.8) is 0 Å². The molecule has 1 N–H and O–H groups in total. The van der Waals surface area contributed by atoms with Crippen LogP contribution in [0.1, 0.15) is 30.7 Å². The minimum Gasteiger partial charge on any atom is -0.493 e. The van der Waals surface area contributed by atoms with Crippen LogP contribution in [0, 0.1) is 0 Å². The molecule has 2 rings (SSSR count). The highest BCUT2D eigenvalue weighted by Crippen LogP contribution is 2.33. The van der Waals surface area contributed by atoms with Crippen LogP contribution in [0.15, 0.2) is 18.2 Å². The lowest BCUT2D eigenvalue weighted by atomic mass is 9.92. The summed E-state index contributed by atoms with van der Waals surface area (Å²) in [4.78, 5) is 0. The minimum atomic E-state index is 0.643. The van der Waals surface area contributed by atoms with Gasteiger partial charge in [0.1, 0.15) is 0 Å². The van der Waals surface area contributed by atoms with Crippen LogP contribution in [0.3, 0.4) is 0 Å². The van der Waals surface area contributed by atoms with E-state index in [2.05, 4.69) is 17.4 Å². The van der Waals surface area contributed by atoms with Crippen molar-refractivity contribution in [2.24, 2.45) is 0 Å². The fourth-order valence-electron chi connectivity index (χ4n) is 2.46. The molecular weight excluding hydrogens is 214 g/mol. The van der Waals surface area contributed by atoms with Gasteiger partial charge in [-0.25, -0.2) is 0 Å². The maximum atomic E-state index is 5.36. The second-order valence-corrected chi connectivity index (χ2v) is 4.49. The van der Waals surface area contributed by atoms with Gasteiger partial charge in [-0.1, -0.05) is 6.07 Å². The van der Waals surface area contributed by atoms with Crippen molar-refractivity contribution in [2.75, 3.05) is 27.3 Å². The number of methoxy groups -OCH3 is 2. The molecule has 1 fully saturated rings. The monoisotopic (exact) mass is 235 g/mol. The zero-order valence-corrected chi connectivity index (χ0v) is 10.7. The lowest BCUT2D eigenvalue weighted by Gasteiger charge is -2.16. The first-order valence-electron chi connectivity index (χ1n) is 6.28. The van der Waals surface area contributed by atoms with E-state index in [0.29, 0.717) is 5.92 Å². The van der Waals surface area contributed by atoms with Crippen LogP contribution in [0.4, 0.5) is 0 Å². The van der Waals surface area contributed by atoms with Gasteiger partial charge in [0.2, 0.25) is 0 Å². The molecule has 0 amide bonds. The van der Waals surface area contributed by atoms with Crippen molar-refractivity contribution in [3.8, 4) is 11.5 Å². The van der Waals surface area contributed by atoms with Crippen LogP contribution in [0.2, 0.25) is 0 Å². The van der Waals surface area contributed by atoms with E-state index in [4.69, 9.17) is 9.47 Å². The fourth-order valence-corrected chi connectivity index (χ4v) is 2.46. The fraction of sp³-hybridized carbons (Fsp3) is 0.571. The van der Waals surface area contributed by atoms with Gasteiger partial charge in [-0.3, -0.25) is 0 Å². The van der Waals surface area contributed by atoms with Crippen molar-refractivity contribution in [3.05, 3.63) is 23.8 Å². The average Bonchev–Trinajstić information content (AvgIpc) is 2.66. The minimum absolute atomic E-state index is 0.643. The second-order valence-electron chi connectivity index (χ2n) is 4.49. The number of nitrogens with one attached hydrogen (secondary N) is 1. The summed E-state index contributed by atoms with van der Waals surface area (Å²) in [6.07, 6.45) is 3.71. The Morgan fingerprint density at radius 2 is 1.88 bits per heavy atom. The maximum absolute atomic E-state index is 5.36. The Hall–Kier alpha value is -1.22. The number of benzene rings is 1. The number of rotatable bonds is 3. The van der Waals surface area contributed by atoms with E-state index >= 15 is 0 Å². The molecule has 1 atom stereocenters. The molecule has 1 heterocycles. The summed E-state index contributed by atoms with van der Waals surface area (Å²) in [6.45, 7) is 2.25. The summed E-state index contributed by atoms with van der Waals surface area (Å²) >= 11 is 0. The second kappa shape index (κ2) is 5.92. The Balaban J connectivity index is 2.19. The standard InChI is InChI=1S/C14H21NO2/c1-16-13-6-5-12(10-14(13)17-2)11-4-3-8-15-9-7-11/h5-6,10-11,15H,3-4,7-9H2,1-2H3. The van der Waals surface area contributed by atoms with Crippen LogP contribution in [0.5, 0.6) is 11.5 Å². The Morgan fingerprint density at radius 3 is 2.65 bits per heavy atom. The molecular formula is C14H21NO2. The van der Waals surface area contributed by atoms with Crippen LogP contribution >= 0.6 is 0 Å². The van der Waals surface area contributed by atoms with Crippen molar-refractivity contribution >= 4 is 0 Å². The normalized spacial score (nSPS) is 20.7. The summed E-state index contributed by atoms with van der Waals surface area (Å²) in [7, 11) is 3.36. The molecule has 94 valence electrons. The molecule has 0 aromatic heterocycles. The predicted octanol–water partition coefficient (Wildman–Crippen LogP) is 2.56. The molecule has 1 aromatic carbocycles. The first-order chi connectivity index (χ1) is 8.35. The topological polar surface area (TPSA) is 30.5 Å². The highest BCUT2D eigenvalue weighted by atomic mass is 16.5. The summed E-state index contributed by atoms with van der Waals surface area (Å²) in [5, 5.41) is 3.44. The van der Waals surface area contributed by atoms with E-state index in [1.54, 1.807) is 14.2 Å². The van der Waals surface area contributed by atoms with Gasteiger partial charge >= 0.3 is 0 Å². The van der Waals surface area contributed by atoms with Crippen molar-refractivity contribution in [1.82, 2.24) is 5.32 Å². The van der Waals surface area contributed by atoms with E-state index < -0.39 is 0 Å². The molecule has 3 heteroatoms. The van der Waals surface area contributed by atoms with Gasteiger partial charge in [0.15, 0.2) is 11.5 Å².